The third kappa shape index (κ3) is 8.35. The lowest BCUT2D eigenvalue weighted by Crippen LogP contribution is -1.84. The van der Waals surface area contributed by atoms with Crippen molar-refractivity contribution in [2.45, 2.75) is 26.7 Å². The van der Waals surface area contributed by atoms with Gasteiger partial charge < -0.3 is 9.05 Å². The zero-order chi connectivity index (χ0) is 6.95. The van der Waals surface area contributed by atoms with Crippen molar-refractivity contribution in [3.05, 3.63) is 0 Å². The van der Waals surface area contributed by atoms with Crippen LogP contribution in [-0.4, -0.2) is 13.2 Å². The molecule has 0 heterocycles. The smallest absolute Gasteiger partial charge is 0.155 e. The van der Waals surface area contributed by atoms with Gasteiger partial charge in [0.15, 0.2) is 9.03 Å². The summed E-state index contributed by atoms with van der Waals surface area (Å²) in [5.74, 6) is 0. The Hall–Kier alpha value is 0.350. The number of hydrogen-bond donors (Lipinski definition) is 0. The molecule has 0 aliphatic rings. The van der Waals surface area contributed by atoms with Crippen LogP contribution in [0.25, 0.3) is 0 Å². The van der Waals surface area contributed by atoms with E-state index in [4.69, 9.17) is 9.05 Å². The summed E-state index contributed by atoms with van der Waals surface area (Å²) in [5.41, 5.74) is 0. The second kappa shape index (κ2) is 8.35. The molecule has 0 saturated heterocycles. The Morgan fingerprint density at radius 3 is 1.78 bits per heavy atom. The summed E-state index contributed by atoms with van der Waals surface area (Å²) in [4.78, 5) is 0. The highest BCUT2D eigenvalue weighted by atomic mass is 31.1. The van der Waals surface area contributed by atoms with Crippen LogP contribution in [0, 0.1) is 0 Å². The minimum Gasteiger partial charge on any atom is -0.336 e. The lowest BCUT2D eigenvalue weighted by atomic mass is 10.5. The molecule has 0 aromatic carbocycles. The first-order valence-electron chi connectivity index (χ1n) is 3.40. The number of rotatable bonds is 6. The maximum Gasteiger partial charge on any atom is 0.155 e. The third-order valence-electron chi connectivity index (χ3n) is 0.730. The van der Waals surface area contributed by atoms with Gasteiger partial charge in [-0.15, -0.1) is 0 Å². The van der Waals surface area contributed by atoms with Crippen molar-refractivity contribution < 1.29 is 9.05 Å². The maximum atomic E-state index is 5.09. The fourth-order valence-electron chi connectivity index (χ4n) is 0.329. The summed E-state index contributed by atoms with van der Waals surface area (Å²) in [7, 11) is 0.246. The van der Waals surface area contributed by atoms with Crippen LogP contribution in [0.3, 0.4) is 0 Å². The molecule has 0 bridgehead atoms. The Bertz CT molecular complexity index is 44.3. The molecule has 9 heavy (non-hydrogen) atoms. The molecule has 0 unspecified atom stereocenters. The highest BCUT2D eigenvalue weighted by Crippen LogP contribution is 2.13. The Morgan fingerprint density at radius 2 is 1.44 bits per heavy atom. The average Bonchev–Trinajstić information content (AvgIpc) is 1.89. The van der Waals surface area contributed by atoms with Crippen LogP contribution in [0.2, 0.25) is 0 Å². The number of hydrogen-bond acceptors (Lipinski definition) is 2. The predicted molar refractivity (Wildman–Crippen MR) is 40.8 cm³/mol. The molecule has 0 aliphatic heterocycles. The van der Waals surface area contributed by atoms with E-state index in [2.05, 4.69) is 13.8 Å². The van der Waals surface area contributed by atoms with Crippen molar-refractivity contribution in [3.63, 3.8) is 0 Å². The van der Waals surface area contributed by atoms with Gasteiger partial charge in [-0.25, -0.2) is 0 Å². The van der Waals surface area contributed by atoms with Crippen LogP contribution in [-0.2, 0) is 9.05 Å². The quantitative estimate of drug-likeness (QED) is 0.427. The van der Waals surface area contributed by atoms with Gasteiger partial charge in [-0.1, -0.05) is 13.8 Å². The highest BCUT2D eigenvalue weighted by molar-refractivity contribution is 7.26. The first kappa shape index (κ1) is 9.35. The zero-order valence-electron chi connectivity index (χ0n) is 6.14. The average molecular weight is 150 g/mol. The predicted octanol–water partition coefficient (Wildman–Crippen LogP) is 2.35. The normalized spacial score (nSPS) is 10.0. The summed E-state index contributed by atoms with van der Waals surface area (Å²) in [6, 6.07) is 0. The molecule has 56 valence electrons. The van der Waals surface area contributed by atoms with Gasteiger partial charge in [0, 0.05) is 0 Å². The van der Waals surface area contributed by atoms with Crippen molar-refractivity contribution in [3.8, 4) is 0 Å². The first-order chi connectivity index (χ1) is 4.41. The van der Waals surface area contributed by atoms with E-state index in [9.17, 15) is 0 Å². The van der Waals surface area contributed by atoms with Crippen LogP contribution in [0.5, 0.6) is 0 Å². The Kier molecular flexibility index (Phi) is 8.67. The summed E-state index contributed by atoms with van der Waals surface area (Å²) in [6.07, 6.45) is 2.14. The van der Waals surface area contributed by atoms with Crippen LogP contribution in [0.4, 0.5) is 0 Å². The summed E-state index contributed by atoms with van der Waals surface area (Å²) >= 11 is 0. The molecule has 0 aromatic rings. The van der Waals surface area contributed by atoms with Crippen LogP contribution in [0.1, 0.15) is 26.7 Å². The Balaban J connectivity index is 2.60. The minimum absolute atomic E-state index is 0.246. The van der Waals surface area contributed by atoms with E-state index in [1.165, 1.54) is 0 Å². The van der Waals surface area contributed by atoms with E-state index >= 15 is 0 Å². The molecule has 0 radical (unpaired) electrons. The van der Waals surface area contributed by atoms with E-state index in [0.29, 0.717) is 0 Å². The fourth-order valence-corrected chi connectivity index (χ4v) is 0.987. The second-order valence-electron chi connectivity index (χ2n) is 1.78. The topological polar surface area (TPSA) is 18.5 Å². The van der Waals surface area contributed by atoms with Gasteiger partial charge in [-0.3, -0.25) is 0 Å². The minimum atomic E-state index is 0.246. The van der Waals surface area contributed by atoms with E-state index < -0.39 is 0 Å². The molecule has 2 nitrogen and oxygen atoms in total. The highest BCUT2D eigenvalue weighted by Gasteiger charge is 1.84. The van der Waals surface area contributed by atoms with Crippen molar-refractivity contribution >= 4 is 9.03 Å². The third-order valence-corrected chi connectivity index (χ3v) is 1.37. The summed E-state index contributed by atoms with van der Waals surface area (Å²) < 4.78 is 10.2. The van der Waals surface area contributed by atoms with Crippen molar-refractivity contribution in [1.82, 2.24) is 0 Å². The van der Waals surface area contributed by atoms with Crippen molar-refractivity contribution in [2.24, 2.45) is 0 Å². The SMILES string of the molecule is CCCOPOCCC. The summed E-state index contributed by atoms with van der Waals surface area (Å²) in [6.45, 7) is 5.82. The molecule has 0 spiro atoms. The molecule has 0 amide bonds. The van der Waals surface area contributed by atoms with E-state index in [-0.39, 0.29) is 9.03 Å². The van der Waals surface area contributed by atoms with Gasteiger partial charge >= 0.3 is 0 Å². The molecule has 0 N–H and O–H groups in total. The largest absolute Gasteiger partial charge is 0.336 e. The Labute approximate surface area is 58.9 Å². The zero-order valence-corrected chi connectivity index (χ0v) is 7.14. The van der Waals surface area contributed by atoms with Gasteiger partial charge in [0.05, 0.1) is 13.2 Å². The monoisotopic (exact) mass is 150 g/mol. The van der Waals surface area contributed by atoms with Crippen LogP contribution < -0.4 is 0 Å². The second-order valence-corrected chi connectivity index (χ2v) is 2.52. The molecule has 3 heteroatoms. The van der Waals surface area contributed by atoms with E-state index in [1.54, 1.807) is 0 Å². The van der Waals surface area contributed by atoms with E-state index in [0.717, 1.165) is 26.1 Å². The molecular weight excluding hydrogens is 135 g/mol. The van der Waals surface area contributed by atoms with Crippen LogP contribution >= 0.6 is 9.03 Å². The van der Waals surface area contributed by atoms with Crippen LogP contribution in [0.15, 0.2) is 0 Å². The lowest BCUT2D eigenvalue weighted by Gasteiger charge is -2.00. The van der Waals surface area contributed by atoms with Gasteiger partial charge in [-0.2, -0.15) is 0 Å². The van der Waals surface area contributed by atoms with Gasteiger partial charge in [0.2, 0.25) is 0 Å². The standard InChI is InChI=1S/C6H15O2P/c1-3-5-7-9-8-6-4-2/h9H,3-6H2,1-2H3. The molecule has 0 saturated carbocycles. The molecule has 0 aromatic heterocycles. The van der Waals surface area contributed by atoms with Crippen molar-refractivity contribution in [2.75, 3.05) is 13.2 Å². The molecule has 0 aliphatic carbocycles. The molecule has 0 fully saturated rings. The van der Waals surface area contributed by atoms with E-state index in [1.807, 2.05) is 0 Å². The first-order valence-corrected chi connectivity index (χ1v) is 4.22. The van der Waals surface area contributed by atoms with Gasteiger partial charge in [-0.05, 0) is 12.8 Å². The molecule has 0 atom stereocenters. The fraction of sp³-hybridized carbons (Fsp3) is 1.00. The summed E-state index contributed by atoms with van der Waals surface area (Å²) in [5, 5.41) is 0. The Morgan fingerprint density at radius 1 is 1.00 bits per heavy atom. The van der Waals surface area contributed by atoms with Gasteiger partial charge in [0.25, 0.3) is 0 Å². The maximum absolute atomic E-state index is 5.09. The molecule has 0 rings (SSSR count). The van der Waals surface area contributed by atoms with Crippen molar-refractivity contribution in [1.29, 1.82) is 0 Å². The molecular formula is C6H15O2P. The van der Waals surface area contributed by atoms with Gasteiger partial charge in [0.1, 0.15) is 0 Å². The lowest BCUT2D eigenvalue weighted by molar-refractivity contribution is 0.267.